The molecule has 6 nitrogen and oxygen atoms in total. The summed E-state index contributed by atoms with van der Waals surface area (Å²) < 4.78 is 7.59. The molecule has 3 aromatic rings. The van der Waals surface area contributed by atoms with Crippen LogP contribution in [-0.2, 0) is 13.5 Å². The summed E-state index contributed by atoms with van der Waals surface area (Å²) in [5.41, 5.74) is 3.94. The third-order valence-corrected chi connectivity index (χ3v) is 4.48. The van der Waals surface area contributed by atoms with Crippen LogP contribution in [0.5, 0.6) is 0 Å². The lowest BCUT2D eigenvalue weighted by Gasteiger charge is -2.15. The number of rotatable bonds is 5. The van der Waals surface area contributed by atoms with Crippen molar-refractivity contribution in [1.29, 1.82) is 0 Å². The van der Waals surface area contributed by atoms with Crippen LogP contribution in [0.3, 0.4) is 0 Å². The quantitative estimate of drug-likeness (QED) is 0.748. The molecular formula is C19H24N4O2. The Bertz CT molecular complexity index is 861. The van der Waals surface area contributed by atoms with Crippen molar-refractivity contribution < 1.29 is 9.21 Å². The summed E-state index contributed by atoms with van der Waals surface area (Å²) in [4.78, 5) is 12.1. The van der Waals surface area contributed by atoms with E-state index in [-0.39, 0.29) is 12.1 Å². The molecule has 132 valence electrons. The lowest BCUT2D eigenvalue weighted by Crippen LogP contribution is -2.38. The van der Waals surface area contributed by atoms with E-state index in [0.29, 0.717) is 13.0 Å². The highest BCUT2D eigenvalue weighted by molar-refractivity contribution is 5.77. The minimum atomic E-state index is -0.189. The van der Waals surface area contributed by atoms with Gasteiger partial charge in [0.1, 0.15) is 11.3 Å². The zero-order valence-electron chi connectivity index (χ0n) is 15.1. The number of urea groups is 1. The van der Waals surface area contributed by atoms with Gasteiger partial charge in [-0.3, -0.25) is 4.68 Å². The zero-order chi connectivity index (χ0) is 18.0. The molecule has 2 N–H and O–H groups in total. The number of benzene rings is 1. The molecule has 2 amide bonds. The topological polar surface area (TPSA) is 72.1 Å². The van der Waals surface area contributed by atoms with E-state index in [2.05, 4.69) is 15.7 Å². The van der Waals surface area contributed by atoms with Crippen molar-refractivity contribution in [3.05, 3.63) is 53.0 Å². The molecule has 25 heavy (non-hydrogen) atoms. The minimum absolute atomic E-state index is 0.0973. The molecular weight excluding hydrogens is 316 g/mol. The molecule has 0 aliphatic carbocycles. The number of nitrogens with one attached hydrogen (secondary N) is 2. The average molecular weight is 340 g/mol. The van der Waals surface area contributed by atoms with Crippen LogP contribution in [0.15, 0.2) is 34.7 Å². The van der Waals surface area contributed by atoms with E-state index in [9.17, 15) is 4.79 Å². The molecule has 6 heteroatoms. The molecule has 2 heterocycles. The van der Waals surface area contributed by atoms with E-state index >= 15 is 0 Å². The first-order valence-electron chi connectivity index (χ1n) is 8.47. The number of aryl methyl sites for hydroxylation is 2. The van der Waals surface area contributed by atoms with Gasteiger partial charge in [-0.1, -0.05) is 18.2 Å². The molecule has 0 aliphatic heterocycles. The number of amides is 2. The van der Waals surface area contributed by atoms with Gasteiger partial charge in [-0.25, -0.2) is 4.79 Å². The second-order valence-electron chi connectivity index (χ2n) is 6.33. The smallest absolute Gasteiger partial charge is 0.315 e. The molecule has 1 aromatic carbocycles. The minimum Gasteiger partial charge on any atom is -0.461 e. The summed E-state index contributed by atoms with van der Waals surface area (Å²) in [6.07, 6.45) is 0.654. The van der Waals surface area contributed by atoms with Crippen LogP contribution in [0.2, 0.25) is 0 Å². The van der Waals surface area contributed by atoms with Crippen molar-refractivity contribution >= 4 is 17.0 Å². The molecule has 2 aromatic heterocycles. The summed E-state index contributed by atoms with van der Waals surface area (Å²) in [7, 11) is 1.91. The largest absolute Gasteiger partial charge is 0.461 e. The molecule has 3 rings (SSSR count). The first kappa shape index (κ1) is 17.1. The second-order valence-corrected chi connectivity index (χ2v) is 6.33. The molecule has 0 unspecified atom stereocenters. The first-order chi connectivity index (χ1) is 12.0. The van der Waals surface area contributed by atoms with Crippen LogP contribution in [-0.4, -0.2) is 22.4 Å². The van der Waals surface area contributed by atoms with Crippen molar-refractivity contribution in [3.8, 4) is 0 Å². The Hall–Kier alpha value is -2.76. The summed E-state index contributed by atoms with van der Waals surface area (Å²) >= 11 is 0. The molecule has 1 atom stereocenters. The maximum atomic E-state index is 12.1. The van der Waals surface area contributed by atoms with Crippen molar-refractivity contribution in [2.45, 2.75) is 33.2 Å². The molecule has 0 saturated carbocycles. The van der Waals surface area contributed by atoms with Gasteiger partial charge in [-0.2, -0.15) is 5.10 Å². The summed E-state index contributed by atoms with van der Waals surface area (Å²) in [5.74, 6) is 0.869. The van der Waals surface area contributed by atoms with Crippen LogP contribution in [0.25, 0.3) is 11.0 Å². The van der Waals surface area contributed by atoms with Crippen LogP contribution in [0.1, 0.15) is 35.7 Å². The molecule has 0 radical (unpaired) electrons. The predicted octanol–water partition coefficient (Wildman–Crippen LogP) is 3.39. The first-order valence-corrected chi connectivity index (χ1v) is 8.47. The van der Waals surface area contributed by atoms with Gasteiger partial charge in [0, 0.05) is 36.7 Å². The summed E-state index contributed by atoms with van der Waals surface area (Å²) in [5, 5.41) is 11.3. The Morgan fingerprint density at radius 1 is 1.32 bits per heavy atom. The molecule has 0 aliphatic rings. The maximum absolute atomic E-state index is 12.1. The second kappa shape index (κ2) is 7.01. The average Bonchev–Trinajstić information content (AvgIpc) is 3.07. The third kappa shape index (κ3) is 3.68. The van der Waals surface area contributed by atoms with Gasteiger partial charge in [0.05, 0.1) is 11.7 Å². The SMILES string of the molecule is Cc1nn(C)c(C)c1[C@@H](C)NC(=O)NCCc1cc2ccccc2o1. The maximum Gasteiger partial charge on any atom is 0.315 e. The fourth-order valence-corrected chi connectivity index (χ4v) is 3.20. The number of carbonyl (C=O) groups excluding carboxylic acids is 1. The highest BCUT2D eigenvalue weighted by atomic mass is 16.3. The number of furan rings is 1. The molecule has 0 fully saturated rings. The number of hydrogen-bond donors (Lipinski definition) is 2. The number of aromatic nitrogens is 2. The van der Waals surface area contributed by atoms with Gasteiger partial charge < -0.3 is 15.1 Å². The highest BCUT2D eigenvalue weighted by Crippen LogP contribution is 2.21. The van der Waals surface area contributed by atoms with Crippen molar-refractivity contribution in [3.63, 3.8) is 0 Å². The van der Waals surface area contributed by atoms with Gasteiger partial charge in [0.15, 0.2) is 0 Å². The number of nitrogens with zero attached hydrogens (tertiary/aromatic N) is 2. The zero-order valence-corrected chi connectivity index (χ0v) is 15.1. The summed E-state index contributed by atoms with van der Waals surface area (Å²) in [6.45, 7) is 6.45. The number of para-hydroxylation sites is 1. The lowest BCUT2D eigenvalue weighted by molar-refractivity contribution is 0.238. The predicted molar refractivity (Wildman–Crippen MR) is 97.5 cm³/mol. The third-order valence-electron chi connectivity index (χ3n) is 4.48. The fourth-order valence-electron chi connectivity index (χ4n) is 3.20. The van der Waals surface area contributed by atoms with Gasteiger partial charge in [-0.05, 0) is 32.9 Å². The van der Waals surface area contributed by atoms with E-state index in [0.717, 1.165) is 33.7 Å². The van der Waals surface area contributed by atoms with E-state index in [1.165, 1.54) is 0 Å². The monoisotopic (exact) mass is 340 g/mol. The van der Waals surface area contributed by atoms with Crippen molar-refractivity contribution in [1.82, 2.24) is 20.4 Å². The normalized spacial score (nSPS) is 12.3. The number of carbonyl (C=O) groups is 1. The Kier molecular flexibility index (Phi) is 4.79. The van der Waals surface area contributed by atoms with E-state index in [4.69, 9.17) is 4.42 Å². The number of fused-ring (bicyclic) bond motifs is 1. The Morgan fingerprint density at radius 2 is 2.08 bits per heavy atom. The van der Waals surface area contributed by atoms with Crippen LogP contribution in [0.4, 0.5) is 4.79 Å². The van der Waals surface area contributed by atoms with Gasteiger partial charge >= 0.3 is 6.03 Å². The van der Waals surface area contributed by atoms with Gasteiger partial charge in [0.2, 0.25) is 0 Å². The van der Waals surface area contributed by atoms with Crippen LogP contribution >= 0.6 is 0 Å². The molecule has 0 spiro atoms. The van der Waals surface area contributed by atoms with Crippen LogP contribution in [0, 0.1) is 13.8 Å². The van der Waals surface area contributed by atoms with Crippen LogP contribution < -0.4 is 10.6 Å². The van der Waals surface area contributed by atoms with Gasteiger partial charge in [0.25, 0.3) is 0 Å². The van der Waals surface area contributed by atoms with Gasteiger partial charge in [-0.15, -0.1) is 0 Å². The van der Waals surface area contributed by atoms with E-state index in [1.54, 1.807) is 0 Å². The fraction of sp³-hybridized carbons (Fsp3) is 0.368. The lowest BCUT2D eigenvalue weighted by atomic mass is 10.1. The molecule has 0 bridgehead atoms. The Balaban J connectivity index is 1.52. The summed E-state index contributed by atoms with van der Waals surface area (Å²) in [6, 6.07) is 9.62. The Morgan fingerprint density at radius 3 is 2.76 bits per heavy atom. The number of hydrogen-bond acceptors (Lipinski definition) is 3. The van der Waals surface area contributed by atoms with E-state index in [1.807, 2.05) is 62.8 Å². The van der Waals surface area contributed by atoms with Crippen molar-refractivity contribution in [2.75, 3.05) is 6.54 Å². The standard InChI is InChI=1S/C19H24N4O2/c1-12(18-13(2)22-23(4)14(18)3)21-19(24)20-10-9-16-11-15-7-5-6-8-17(15)25-16/h5-8,11-12H,9-10H2,1-4H3,(H2,20,21,24)/t12-/m1/s1. The highest BCUT2D eigenvalue weighted by Gasteiger charge is 2.17. The Labute approximate surface area is 147 Å². The van der Waals surface area contributed by atoms with Crippen molar-refractivity contribution in [2.24, 2.45) is 7.05 Å². The van der Waals surface area contributed by atoms with E-state index < -0.39 is 0 Å². The molecule has 0 saturated heterocycles.